The van der Waals surface area contributed by atoms with Crippen LogP contribution in [0.2, 0.25) is 0 Å². The van der Waals surface area contributed by atoms with E-state index in [9.17, 15) is 14.7 Å². The van der Waals surface area contributed by atoms with Crippen molar-refractivity contribution in [2.75, 3.05) is 32.8 Å². The van der Waals surface area contributed by atoms with E-state index in [1.807, 2.05) is 31.2 Å². The summed E-state index contributed by atoms with van der Waals surface area (Å²) in [5.74, 6) is -0.284. The average Bonchev–Trinajstić information content (AvgIpc) is 3.08. The fourth-order valence-electron chi connectivity index (χ4n) is 4.26. The first kappa shape index (κ1) is 27.0. The minimum Gasteiger partial charge on any atom is -0.507 e. The van der Waals surface area contributed by atoms with E-state index in [-0.39, 0.29) is 11.3 Å². The maximum absolute atomic E-state index is 13.2. The van der Waals surface area contributed by atoms with Crippen LogP contribution in [0.3, 0.4) is 0 Å². The van der Waals surface area contributed by atoms with Crippen molar-refractivity contribution in [3.63, 3.8) is 0 Å². The molecule has 1 aliphatic heterocycles. The molecule has 1 saturated heterocycles. The van der Waals surface area contributed by atoms with Crippen LogP contribution in [-0.4, -0.2) is 59.4 Å². The predicted molar refractivity (Wildman–Crippen MR) is 142 cm³/mol. The van der Waals surface area contributed by atoms with Gasteiger partial charge in [0.05, 0.1) is 18.2 Å². The molecule has 2 aromatic rings. The lowest BCUT2D eigenvalue weighted by atomic mass is 9.95. The van der Waals surface area contributed by atoms with Crippen LogP contribution < -0.4 is 4.74 Å². The van der Waals surface area contributed by atoms with E-state index in [1.165, 1.54) is 0 Å². The number of aliphatic hydroxyl groups excluding tert-OH is 1. The first-order valence-corrected chi connectivity index (χ1v) is 13.0. The van der Waals surface area contributed by atoms with Crippen molar-refractivity contribution < 1.29 is 19.4 Å². The zero-order valence-corrected chi connectivity index (χ0v) is 22.8. The molecule has 1 N–H and O–H groups in total. The predicted octanol–water partition coefficient (Wildman–Crippen LogP) is 5.56. The molecule has 2 aromatic carbocycles. The van der Waals surface area contributed by atoms with Gasteiger partial charge in [-0.2, -0.15) is 0 Å². The Morgan fingerprint density at radius 3 is 2.34 bits per heavy atom. The average molecular weight is 544 g/mol. The smallest absolute Gasteiger partial charge is 0.295 e. The van der Waals surface area contributed by atoms with Gasteiger partial charge in [-0.1, -0.05) is 55.8 Å². The summed E-state index contributed by atoms with van der Waals surface area (Å²) in [6.45, 7) is 13.5. The fourth-order valence-corrected chi connectivity index (χ4v) is 4.53. The zero-order valence-electron chi connectivity index (χ0n) is 21.2. The SMILES string of the molecule is CCN(CC)CCN1C(=O)C(=O)C(=C(O)c2ccc(OCC(C)C)c(C)c2)[C@@H]1c1ccc(Br)cc1. The monoisotopic (exact) mass is 542 g/mol. The summed E-state index contributed by atoms with van der Waals surface area (Å²) < 4.78 is 6.75. The second-order valence-electron chi connectivity index (χ2n) is 9.26. The maximum atomic E-state index is 13.2. The van der Waals surface area contributed by atoms with Gasteiger partial charge in [-0.25, -0.2) is 0 Å². The first-order valence-electron chi connectivity index (χ1n) is 12.2. The lowest BCUT2D eigenvalue weighted by Crippen LogP contribution is -2.38. The summed E-state index contributed by atoms with van der Waals surface area (Å²) in [7, 11) is 0. The second-order valence-corrected chi connectivity index (χ2v) is 10.2. The summed E-state index contributed by atoms with van der Waals surface area (Å²) >= 11 is 3.45. The summed E-state index contributed by atoms with van der Waals surface area (Å²) in [5, 5.41) is 11.3. The number of ketones is 1. The van der Waals surface area contributed by atoms with Crippen molar-refractivity contribution in [2.24, 2.45) is 5.92 Å². The molecule has 1 aliphatic rings. The number of halogens is 1. The molecule has 0 aromatic heterocycles. The third-order valence-electron chi connectivity index (χ3n) is 6.30. The molecule has 0 radical (unpaired) electrons. The Kier molecular flexibility index (Phi) is 9.14. The van der Waals surface area contributed by atoms with E-state index in [4.69, 9.17) is 4.74 Å². The number of nitrogens with zero attached hydrogens (tertiary/aromatic N) is 2. The highest BCUT2D eigenvalue weighted by atomic mass is 79.9. The minimum absolute atomic E-state index is 0.118. The third kappa shape index (κ3) is 6.14. The van der Waals surface area contributed by atoms with Crippen molar-refractivity contribution in [1.82, 2.24) is 9.80 Å². The molecule has 0 unspecified atom stereocenters. The van der Waals surface area contributed by atoms with Crippen LogP contribution in [0, 0.1) is 12.8 Å². The van der Waals surface area contributed by atoms with Crippen LogP contribution in [-0.2, 0) is 9.59 Å². The van der Waals surface area contributed by atoms with E-state index < -0.39 is 17.7 Å². The van der Waals surface area contributed by atoms with Crippen molar-refractivity contribution in [3.8, 4) is 5.75 Å². The number of carbonyl (C=O) groups is 2. The molecular weight excluding hydrogens is 508 g/mol. The fraction of sp³-hybridized carbons (Fsp3) is 0.429. The number of carbonyl (C=O) groups excluding carboxylic acids is 2. The Hall–Kier alpha value is -2.64. The van der Waals surface area contributed by atoms with Gasteiger partial charge in [-0.05, 0) is 67.4 Å². The van der Waals surface area contributed by atoms with Crippen molar-refractivity contribution in [3.05, 3.63) is 69.2 Å². The minimum atomic E-state index is -0.659. The Morgan fingerprint density at radius 2 is 1.77 bits per heavy atom. The largest absolute Gasteiger partial charge is 0.507 e. The molecule has 35 heavy (non-hydrogen) atoms. The lowest BCUT2D eigenvalue weighted by molar-refractivity contribution is -0.140. The summed E-state index contributed by atoms with van der Waals surface area (Å²) in [6.07, 6.45) is 0. The number of hydrogen-bond donors (Lipinski definition) is 1. The molecule has 0 aliphatic carbocycles. The molecule has 1 fully saturated rings. The van der Waals surface area contributed by atoms with Gasteiger partial charge < -0.3 is 19.6 Å². The van der Waals surface area contributed by atoms with E-state index in [1.54, 1.807) is 23.1 Å². The van der Waals surface area contributed by atoms with E-state index in [0.29, 0.717) is 31.2 Å². The molecule has 1 heterocycles. The van der Waals surface area contributed by atoms with Crippen LogP contribution in [0.25, 0.3) is 5.76 Å². The molecule has 1 amide bonds. The van der Waals surface area contributed by atoms with Gasteiger partial charge >= 0.3 is 0 Å². The maximum Gasteiger partial charge on any atom is 0.295 e. The van der Waals surface area contributed by atoms with Crippen LogP contribution in [0.15, 0.2) is 52.5 Å². The van der Waals surface area contributed by atoms with E-state index in [2.05, 4.69) is 48.5 Å². The first-order chi connectivity index (χ1) is 16.7. The lowest BCUT2D eigenvalue weighted by Gasteiger charge is -2.28. The van der Waals surface area contributed by atoms with Gasteiger partial charge in [-0.15, -0.1) is 0 Å². The van der Waals surface area contributed by atoms with Crippen LogP contribution in [0.4, 0.5) is 0 Å². The molecule has 188 valence electrons. The molecule has 1 atom stereocenters. The molecule has 0 saturated carbocycles. The van der Waals surface area contributed by atoms with Crippen LogP contribution >= 0.6 is 15.9 Å². The van der Waals surface area contributed by atoms with E-state index in [0.717, 1.165) is 34.4 Å². The number of benzene rings is 2. The van der Waals surface area contributed by atoms with Crippen molar-refractivity contribution >= 4 is 33.4 Å². The standard InChI is InChI=1S/C28H35BrN2O4/c1-6-30(7-2)14-15-31-25(20-8-11-22(29)12-9-20)24(27(33)28(31)34)26(32)21-10-13-23(19(5)16-21)35-17-18(3)4/h8-13,16,18,25,32H,6-7,14-15,17H2,1-5H3/t25-/m0/s1. The van der Waals surface area contributed by atoms with Gasteiger partial charge in [0.15, 0.2) is 0 Å². The molecule has 3 rings (SSSR count). The highest BCUT2D eigenvalue weighted by Crippen LogP contribution is 2.40. The van der Waals surface area contributed by atoms with Gasteiger partial charge in [-0.3, -0.25) is 9.59 Å². The third-order valence-corrected chi connectivity index (χ3v) is 6.83. The Labute approximate surface area is 216 Å². The highest BCUT2D eigenvalue weighted by Gasteiger charge is 2.46. The molecule has 0 spiro atoms. The number of amides is 1. The number of ether oxygens (including phenoxy) is 1. The van der Waals surface area contributed by atoms with Gasteiger partial charge in [0.2, 0.25) is 0 Å². The topological polar surface area (TPSA) is 70.1 Å². The normalized spacial score (nSPS) is 17.6. The number of hydrogen-bond acceptors (Lipinski definition) is 5. The van der Waals surface area contributed by atoms with Gasteiger partial charge in [0, 0.05) is 23.1 Å². The molecule has 0 bridgehead atoms. The van der Waals surface area contributed by atoms with Crippen molar-refractivity contribution in [1.29, 1.82) is 0 Å². The van der Waals surface area contributed by atoms with Crippen molar-refractivity contribution in [2.45, 2.75) is 40.7 Å². The van der Waals surface area contributed by atoms with Crippen LogP contribution in [0.1, 0.15) is 50.4 Å². The summed E-state index contributed by atoms with van der Waals surface area (Å²) in [5.41, 5.74) is 2.24. The van der Waals surface area contributed by atoms with Gasteiger partial charge in [0.25, 0.3) is 11.7 Å². The Morgan fingerprint density at radius 1 is 1.11 bits per heavy atom. The summed E-state index contributed by atoms with van der Waals surface area (Å²) in [4.78, 5) is 30.2. The number of rotatable bonds is 10. The summed E-state index contributed by atoms with van der Waals surface area (Å²) in [6, 6.07) is 12.2. The number of likely N-dealkylation sites (tertiary alicyclic amines) is 1. The highest BCUT2D eigenvalue weighted by molar-refractivity contribution is 9.10. The molecular formula is C28H35BrN2O4. The van der Waals surface area contributed by atoms with E-state index >= 15 is 0 Å². The number of aryl methyl sites for hydroxylation is 1. The molecule has 7 heteroatoms. The van der Waals surface area contributed by atoms with Gasteiger partial charge in [0.1, 0.15) is 11.5 Å². The Bertz CT molecular complexity index is 1090. The number of aliphatic hydroxyl groups is 1. The van der Waals surface area contributed by atoms with Crippen LogP contribution in [0.5, 0.6) is 5.75 Å². The number of likely N-dealkylation sites (N-methyl/N-ethyl adjacent to an activating group) is 1. The quantitative estimate of drug-likeness (QED) is 0.242. The number of Topliss-reactive ketones (excluding diaryl/α,β-unsaturated/α-hetero) is 1. The second kappa shape index (κ2) is 11.9. The molecule has 6 nitrogen and oxygen atoms in total. The Balaban J connectivity index is 2.04. The zero-order chi connectivity index (χ0) is 25.7.